The fourth-order valence-electron chi connectivity index (χ4n) is 4.29. The van der Waals surface area contributed by atoms with E-state index in [1.54, 1.807) is 0 Å². The lowest BCUT2D eigenvalue weighted by Gasteiger charge is -2.47. The van der Waals surface area contributed by atoms with Crippen molar-refractivity contribution in [1.29, 1.82) is 0 Å². The molecule has 0 aromatic carbocycles. The van der Waals surface area contributed by atoms with Crippen LogP contribution in [0.5, 0.6) is 0 Å². The molecule has 4 N–H and O–H groups in total. The summed E-state index contributed by atoms with van der Waals surface area (Å²) < 4.78 is 16.7. The summed E-state index contributed by atoms with van der Waals surface area (Å²) in [5.74, 6) is -0.376. The van der Waals surface area contributed by atoms with Crippen LogP contribution in [0.1, 0.15) is 33.6 Å². The predicted molar refractivity (Wildman–Crippen MR) is 84.2 cm³/mol. The van der Waals surface area contributed by atoms with E-state index in [4.69, 9.17) is 14.2 Å². The molecule has 0 spiro atoms. The Kier molecular flexibility index (Phi) is 4.72. The van der Waals surface area contributed by atoms with Crippen molar-refractivity contribution in [1.82, 2.24) is 0 Å². The van der Waals surface area contributed by atoms with Gasteiger partial charge < -0.3 is 34.6 Å². The third-order valence-electron chi connectivity index (χ3n) is 5.42. The molecule has 1 saturated heterocycles. The van der Waals surface area contributed by atoms with Crippen LogP contribution in [0.3, 0.4) is 0 Å². The van der Waals surface area contributed by atoms with E-state index in [0.717, 1.165) is 5.57 Å². The fourth-order valence-corrected chi connectivity index (χ4v) is 4.29. The molecule has 1 saturated carbocycles. The summed E-state index contributed by atoms with van der Waals surface area (Å²) in [5, 5.41) is 39.1. The Labute approximate surface area is 146 Å². The summed E-state index contributed by atoms with van der Waals surface area (Å²) in [6.45, 7) is 5.29. The number of hydrogen-bond acceptors (Lipinski definition) is 8. The van der Waals surface area contributed by atoms with Crippen LogP contribution in [0.4, 0.5) is 0 Å². The average molecular weight is 358 g/mol. The van der Waals surface area contributed by atoms with E-state index in [1.807, 2.05) is 20.8 Å². The lowest BCUT2D eigenvalue weighted by atomic mass is 9.65. The summed E-state index contributed by atoms with van der Waals surface area (Å²) in [6.07, 6.45) is -4.47. The van der Waals surface area contributed by atoms with Gasteiger partial charge in [0.25, 0.3) is 0 Å². The highest BCUT2D eigenvalue weighted by Crippen LogP contribution is 2.51. The fraction of sp³-hybridized carbons (Fsp3) is 0.824. The Bertz CT molecular complexity index is 571. The molecule has 2 heterocycles. The van der Waals surface area contributed by atoms with Gasteiger partial charge in [0.2, 0.25) is 0 Å². The molecule has 1 aliphatic carbocycles. The molecule has 0 amide bonds. The Morgan fingerprint density at radius 1 is 1.16 bits per heavy atom. The van der Waals surface area contributed by atoms with Crippen molar-refractivity contribution in [2.75, 3.05) is 6.61 Å². The van der Waals surface area contributed by atoms with Gasteiger partial charge in [-0.1, -0.05) is 13.8 Å². The van der Waals surface area contributed by atoms with E-state index >= 15 is 0 Å². The number of aliphatic hydroxyl groups is 4. The number of hydrogen-bond donors (Lipinski definition) is 4. The zero-order chi connectivity index (χ0) is 18.6. The number of rotatable bonds is 3. The molecule has 3 aliphatic rings. The van der Waals surface area contributed by atoms with Crippen molar-refractivity contribution in [3.63, 3.8) is 0 Å². The lowest BCUT2D eigenvalue weighted by molar-refractivity contribution is -0.316. The Hall–Kier alpha value is -1.03. The number of ether oxygens (including phenoxy) is 3. The maximum atomic E-state index is 11.7. The lowest BCUT2D eigenvalue weighted by Crippen LogP contribution is -2.60. The summed E-state index contributed by atoms with van der Waals surface area (Å²) in [4.78, 5) is 11.7. The van der Waals surface area contributed by atoms with Crippen molar-refractivity contribution in [3.05, 3.63) is 11.6 Å². The molecule has 142 valence electrons. The Morgan fingerprint density at radius 3 is 2.48 bits per heavy atom. The molecule has 8 heteroatoms. The Balaban J connectivity index is 1.75. The van der Waals surface area contributed by atoms with E-state index in [1.165, 1.54) is 6.08 Å². The van der Waals surface area contributed by atoms with Crippen molar-refractivity contribution >= 4 is 5.97 Å². The molecule has 3 rings (SSSR count). The Morgan fingerprint density at radius 2 is 1.84 bits per heavy atom. The molecule has 8 nitrogen and oxygen atoms in total. The third-order valence-corrected chi connectivity index (χ3v) is 5.42. The zero-order valence-electron chi connectivity index (χ0n) is 14.6. The van der Waals surface area contributed by atoms with E-state index < -0.39 is 49.0 Å². The maximum absolute atomic E-state index is 11.7. The molecular formula is C17H26O8. The van der Waals surface area contributed by atoms with Crippen molar-refractivity contribution < 1.29 is 39.4 Å². The molecule has 0 aromatic rings. The first-order valence-electron chi connectivity index (χ1n) is 8.49. The molecule has 0 radical (unpaired) electrons. The van der Waals surface area contributed by atoms with E-state index in [2.05, 4.69) is 0 Å². The van der Waals surface area contributed by atoms with Crippen LogP contribution in [-0.2, 0) is 19.0 Å². The molecule has 2 fully saturated rings. The number of carbonyl (C=O) groups excluding carboxylic acids is 1. The van der Waals surface area contributed by atoms with Gasteiger partial charge in [0, 0.05) is 12.5 Å². The summed E-state index contributed by atoms with van der Waals surface area (Å²) >= 11 is 0. The van der Waals surface area contributed by atoms with E-state index in [9.17, 15) is 25.2 Å². The van der Waals surface area contributed by atoms with E-state index in [-0.39, 0.29) is 11.4 Å². The van der Waals surface area contributed by atoms with Crippen LogP contribution >= 0.6 is 0 Å². The third kappa shape index (κ3) is 3.22. The van der Waals surface area contributed by atoms with Gasteiger partial charge in [0.15, 0.2) is 6.29 Å². The highest BCUT2D eigenvalue weighted by atomic mass is 16.7. The quantitative estimate of drug-likeness (QED) is 0.485. The van der Waals surface area contributed by atoms with E-state index in [0.29, 0.717) is 12.8 Å². The van der Waals surface area contributed by atoms with Crippen LogP contribution in [0.2, 0.25) is 0 Å². The van der Waals surface area contributed by atoms with Crippen molar-refractivity contribution in [3.8, 4) is 0 Å². The topological polar surface area (TPSA) is 126 Å². The number of esters is 1. The van der Waals surface area contributed by atoms with Crippen LogP contribution in [0.15, 0.2) is 11.6 Å². The first kappa shape index (κ1) is 18.8. The summed E-state index contributed by atoms with van der Waals surface area (Å²) in [5.41, 5.74) is -0.214. The van der Waals surface area contributed by atoms with Crippen LogP contribution in [0.25, 0.3) is 0 Å². The van der Waals surface area contributed by atoms with Crippen LogP contribution in [0, 0.1) is 5.41 Å². The zero-order valence-corrected chi connectivity index (χ0v) is 14.6. The first-order chi connectivity index (χ1) is 11.6. The monoisotopic (exact) mass is 358 g/mol. The largest absolute Gasteiger partial charge is 0.452 e. The first-order valence-corrected chi connectivity index (χ1v) is 8.49. The highest BCUT2D eigenvalue weighted by molar-refractivity contribution is 5.87. The number of carbonyl (C=O) groups is 1. The second-order valence-electron chi connectivity index (χ2n) is 7.96. The summed E-state index contributed by atoms with van der Waals surface area (Å²) in [7, 11) is 0. The van der Waals surface area contributed by atoms with Gasteiger partial charge in [0.1, 0.15) is 30.0 Å². The van der Waals surface area contributed by atoms with Gasteiger partial charge in [-0.3, -0.25) is 0 Å². The van der Waals surface area contributed by atoms with Gasteiger partial charge in [-0.05, 0) is 24.3 Å². The minimum Gasteiger partial charge on any atom is -0.452 e. The number of fused-ring (bicyclic) bond motifs is 1. The standard InChI is InChI=1S/C17H26O8/c1-16(2)5-8(6-17(3)10(16)4-11(19)25-17)23-15-14(22)13(21)12(20)9(7-18)24-15/h4,8-9,12-15,18,20-22H,5-7H2,1-3H3/t8-,9-,12-,13+,14-,15-,17-/m1/s1. The highest BCUT2D eigenvalue weighted by Gasteiger charge is 2.53. The second kappa shape index (κ2) is 6.29. The molecule has 2 aliphatic heterocycles. The van der Waals surface area contributed by atoms with Crippen molar-refractivity contribution in [2.24, 2.45) is 5.41 Å². The smallest absolute Gasteiger partial charge is 0.331 e. The van der Waals surface area contributed by atoms with Gasteiger partial charge in [-0.15, -0.1) is 0 Å². The van der Waals surface area contributed by atoms with Gasteiger partial charge in [-0.25, -0.2) is 4.79 Å². The average Bonchev–Trinajstić information content (AvgIpc) is 2.82. The van der Waals surface area contributed by atoms with Crippen LogP contribution in [-0.4, -0.2) is 75.4 Å². The molecule has 0 bridgehead atoms. The summed E-state index contributed by atoms with van der Waals surface area (Å²) in [6, 6.07) is 0. The van der Waals surface area contributed by atoms with Gasteiger partial charge in [0.05, 0.1) is 12.7 Å². The SMILES string of the molecule is CC1(C)C[C@@H](O[C@@H]2O[C@H](CO)[C@@H](O)[C@H](O)[C@H]2O)C[C@@]2(C)OC(=O)C=C12. The maximum Gasteiger partial charge on any atom is 0.331 e. The number of aliphatic hydroxyl groups excluding tert-OH is 4. The van der Waals surface area contributed by atoms with Gasteiger partial charge >= 0.3 is 5.97 Å². The minimum atomic E-state index is -1.48. The molecule has 25 heavy (non-hydrogen) atoms. The van der Waals surface area contributed by atoms with Gasteiger partial charge in [-0.2, -0.15) is 0 Å². The molecule has 7 atom stereocenters. The van der Waals surface area contributed by atoms with Crippen molar-refractivity contribution in [2.45, 2.75) is 76.0 Å². The van der Waals surface area contributed by atoms with Crippen LogP contribution < -0.4 is 0 Å². The predicted octanol–water partition coefficient (Wildman–Crippen LogP) is -0.767. The normalized spacial score (nSPS) is 46.4. The second-order valence-corrected chi connectivity index (χ2v) is 7.96. The molecule has 0 aromatic heterocycles. The molecular weight excluding hydrogens is 332 g/mol. The minimum absolute atomic E-state index is 0.349. The molecule has 0 unspecified atom stereocenters.